The molecule has 5 heteroatoms. The summed E-state index contributed by atoms with van der Waals surface area (Å²) in [5.74, 6) is 0.321. The molecule has 1 aromatic carbocycles. The van der Waals surface area contributed by atoms with Crippen LogP contribution in [0, 0.1) is 22.6 Å². The van der Waals surface area contributed by atoms with E-state index < -0.39 is 0 Å². The topological polar surface area (TPSA) is 60.2 Å². The van der Waals surface area contributed by atoms with Crippen molar-refractivity contribution in [3.05, 3.63) is 35.1 Å². The van der Waals surface area contributed by atoms with Crippen LogP contribution in [0.15, 0.2) is 23.2 Å². The molecule has 0 aliphatic heterocycles. The normalized spacial score (nSPS) is 16.9. The van der Waals surface area contributed by atoms with Crippen LogP contribution in [0.5, 0.6) is 0 Å². The quantitative estimate of drug-likeness (QED) is 0.647. The van der Waals surface area contributed by atoms with E-state index in [1.54, 1.807) is 19.2 Å². The maximum absolute atomic E-state index is 13.9. The number of rotatable bonds is 5. The summed E-state index contributed by atoms with van der Waals surface area (Å²) in [6, 6.07) is 6.46. The van der Waals surface area contributed by atoms with Crippen molar-refractivity contribution in [1.29, 1.82) is 5.26 Å². The van der Waals surface area contributed by atoms with Crippen LogP contribution in [-0.2, 0) is 6.54 Å². The van der Waals surface area contributed by atoms with Crippen LogP contribution < -0.4 is 10.6 Å². The lowest BCUT2D eigenvalue weighted by Crippen LogP contribution is -2.42. The van der Waals surface area contributed by atoms with Crippen LogP contribution in [0.25, 0.3) is 0 Å². The van der Waals surface area contributed by atoms with Crippen LogP contribution >= 0.6 is 0 Å². The highest BCUT2D eigenvalue weighted by atomic mass is 19.1. The number of nitrogens with one attached hydrogen (secondary N) is 2. The average Bonchev–Trinajstić information content (AvgIpc) is 3.05. The zero-order chi connectivity index (χ0) is 16.7. The lowest BCUT2D eigenvalue weighted by molar-refractivity contribution is 0.283. The van der Waals surface area contributed by atoms with Gasteiger partial charge in [-0.1, -0.05) is 25.8 Å². The van der Waals surface area contributed by atoms with Gasteiger partial charge in [0.15, 0.2) is 5.96 Å². The van der Waals surface area contributed by atoms with Gasteiger partial charge in [0.1, 0.15) is 5.82 Å². The largest absolute Gasteiger partial charge is 0.356 e. The van der Waals surface area contributed by atoms with Crippen molar-refractivity contribution in [3.8, 4) is 6.07 Å². The zero-order valence-electron chi connectivity index (χ0n) is 14.0. The molecule has 0 bridgehead atoms. The Hall–Kier alpha value is -2.09. The molecule has 2 rings (SSSR count). The van der Waals surface area contributed by atoms with Crippen molar-refractivity contribution in [2.75, 3.05) is 13.6 Å². The monoisotopic (exact) mass is 316 g/mol. The summed E-state index contributed by atoms with van der Waals surface area (Å²) in [5.41, 5.74) is 1.23. The molecule has 2 N–H and O–H groups in total. The van der Waals surface area contributed by atoms with Crippen LogP contribution in [0.1, 0.15) is 50.2 Å². The number of nitrogens with zero attached hydrogens (tertiary/aromatic N) is 2. The summed E-state index contributed by atoms with van der Waals surface area (Å²) in [6.45, 7) is 3.49. The smallest absolute Gasteiger partial charge is 0.191 e. The van der Waals surface area contributed by atoms with Gasteiger partial charge in [0.05, 0.1) is 11.6 Å². The van der Waals surface area contributed by atoms with Crippen molar-refractivity contribution >= 4 is 5.96 Å². The van der Waals surface area contributed by atoms with Gasteiger partial charge in [-0.25, -0.2) is 4.39 Å². The number of hydrogen-bond donors (Lipinski definition) is 2. The molecule has 23 heavy (non-hydrogen) atoms. The third-order valence-electron chi connectivity index (χ3n) is 4.90. The molecule has 1 aromatic rings. The van der Waals surface area contributed by atoms with Gasteiger partial charge >= 0.3 is 0 Å². The minimum absolute atomic E-state index is 0.333. The Bertz CT molecular complexity index is 598. The van der Waals surface area contributed by atoms with Crippen molar-refractivity contribution in [3.63, 3.8) is 0 Å². The van der Waals surface area contributed by atoms with Crippen LogP contribution in [0.2, 0.25) is 0 Å². The zero-order valence-corrected chi connectivity index (χ0v) is 14.0. The minimum atomic E-state index is -0.368. The molecule has 124 valence electrons. The van der Waals surface area contributed by atoms with Crippen LogP contribution in [0.3, 0.4) is 0 Å². The Kier molecular flexibility index (Phi) is 5.97. The second-order valence-electron chi connectivity index (χ2n) is 6.26. The maximum Gasteiger partial charge on any atom is 0.191 e. The lowest BCUT2D eigenvalue weighted by atomic mass is 9.83. The van der Waals surface area contributed by atoms with Gasteiger partial charge in [0.25, 0.3) is 0 Å². The first kappa shape index (κ1) is 17.3. The molecule has 0 heterocycles. The van der Waals surface area contributed by atoms with E-state index in [0.717, 1.165) is 6.54 Å². The second-order valence-corrected chi connectivity index (χ2v) is 6.26. The fourth-order valence-corrected chi connectivity index (χ4v) is 3.21. The molecule has 1 fully saturated rings. The lowest BCUT2D eigenvalue weighted by Gasteiger charge is -2.28. The Balaban J connectivity index is 1.89. The summed E-state index contributed by atoms with van der Waals surface area (Å²) in [5, 5.41) is 15.3. The van der Waals surface area contributed by atoms with Crippen molar-refractivity contribution < 1.29 is 4.39 Å². The summed E-state index contributed by atoms with van der Waals surface area (Å²) < 4.78 is 13.9. The van der Waals surface area contributed by atoms with Crippen molar-refractivity contribution in [2.24, 2.45) is 10.4 Å². The molecular formula is C18H25FN4. The second kappa shape index (κ2) is 7.96. The van der Waals surface area contributed by atoms with Crippen LogP contribution in [0.4, 0.5) is 4.39 Å². The van der Waals surface area contributed by atoms with E-state index in [1.807, 2.05) is 6.07 Å². The average molecular weight is 316 g/mol. The highest BCUT2D eigenvalue weighted by Crippen LogP contribution is 2.40. The van der Waals surface area contributed by atoms with Gasteiger partial charge in [-0.05, 0) is 36.8 Å². The molecular weight excluding hydrogens is 291 g/mol. The molecule has 0 radical (unpaired) electrons. The number of benzene rings is 1. The number of halogens is 1. The Morgan fingerprint density at radius 1 is 1.35 bits per heavy atom. The van der Waals surface area contributed by atoms with E-state index in [2.05, 4.69) is 22.5 Å². The van der Waals surface area contributed by atoms with E-state index in [4.69, 9.17) is 5.26 Å². The van der Waals surface area contributed by atoms with E-state index in [-0.39, 0.29) is 5.82 Å². The summed E-state index contributed by atoms with van der Waals surface area (Å²) >= 11 is 0. The fourth-order valence-electron chi connectivity index (χ4n) is 3.21. The Labute approximate surface area is 137 Å². The van der Waals surface area contributed by atoms with Gasteiger partial charge in [-0.2, -0.15) is 5.26 Å². The predicted molar refractivity (Wildman–Crippen MR) is 90.5 cm³/mol. The number of aliphatic imine (C=N–C) groups is 1. The SMILES string of the molecule is CCC1(CNC(=NC)NCc2ccc(C#N)cc2F)CCCC1. The van der Waals surface area contributed by atoms with Crippen molar-refractivity contribution in [2.45, 2.75) is 45.6 Å². The molecule has 1 aliphatic carbocycles. The first-order valence-electron chi connectivity index (χ1n) is 8.25. The first-order chi connectivity index (χ1) is 11.1. The van der Waals surface area contributed by atoms with E-state index in [9.17, 15) is 4.39 Å². The Morgan fingerprint density at radius 3 is 2.65 bits per heavy atom. The molecule has 4 nitrogen and oxygen atoms in total. The molecule has 0 spiro atoms. The predicted octanol–water partition coefficient (Wildman–Crippen LogP) is 3.33. The van der Waals surface area contributed by atoms with Crippen molar-refractivity contribution in [1.82, 2.24) is 10.6 Å². The number of nitriles is 1. The molecule has 0 saturated heterocycles. The highest BCUT2D eigenvalue weighted by molar-refractivity contribution is 5.79. The van der Waals surface area contributed by atoms with Gasteiger partial charge in [-0.15, -0.1) is 0 Å². The molecule has 0 aromatic heterocycles. The fraction of sp³-hybridized carbons (Fsp3) is 0.556. The van der Waals surface area contributed by atoms with Crippen LogP contribution in [-0.4, -0.2) is 19.6 Å². The third kappa shape index (κ3) is 4.44. The first-order valence-corrected chi connectivity index (χ1v) is 8.25. The highest BCUT2D eigenvalue weighted by Gasteiger charge is 2.31. The number of guanidine groups is 1. The summed E-state index contributed by atoms with van der Waals surface area (Å²) in [4.78, 5) is 4.21. The molecule has 0 amide bonds. The Morgan fingerprint density at radius 2 is 2.09 bits per heavy atom. The number of hydrogen-bond acceptors (Lipinski definition) is 2. The third-order valence-corrected chi connectivity index (χ3v) is 4.90. The van der Waals surface area contributed by atoms with Gasteiger partial charge < -0.3 is 10.6 Å². The van der Waals surface area contributed by atoms with Gasteiger partial charge in [-0.3, -0.25) is 4.99 Å². The molecule has 1 saturated carbocycles. The molecule has 1 aliphatic rings. The minimum Gasteiger partial charge on any atom is -0.356 e. The molecule has 0 unspecified atom stereocenters. The van der Waals surface area contributed by atoms with Gasteiger partial charge in [0.2, 0.25) is 0 Å². The van der Waals surface area contributed by atoms with E-state index in [0.29, 0.717) is 29.0 Å². The standard InChI is InChI=1S/C18H25FN4/c1-3-18(8-4-5-9-18)13-23-17(21-2)22-12-15-7-6-14(11-20)10-16(15)19/h6-7,10H,3-5,8-9,12-13H2,1-2H3,(H2,21,22,23). The summed E-state index contributed by atoms with van der Waals surface area (Å²) in [7, 11) is 1.72. The maximum atomic E-state index is 13.9. The molecule has 0 atom stereocenters. The van der Waals surface area contributed by atoms with Gasteiger partial charge in [0, 0.05) is 25.7 Å². The van der Waals surface area contributed by atoms with E-state index >= 15 is 0 Å². The summed E-state index contributed by atoms with van der Waals surface area (Å²) in [6.07, 6.45) is 6.30. The van der Waals surface area contributed by atoms with E-state index in [1.165, 1.54) is 38.2 Å².